The van der Waals surface area contributed by atoms with Crippen LogP contribution in [0.4, 0.5) is 5.82 Å². The number of aryl methyl sites for hydroxylation is 1. The number of amides is 1. The second kappa shape index (κ2) is 10.9. The first-order valence-corrected chi connectivity index (χ1v) is 13.9. The molecule has 2 atom stereocenters. The van der Waals surface area contributed by atoms with Crippen LogP contribution in [-0.4, -0.2) is 30.0 Å². The fraction of sp³-hybridized carbons (Fsp3) is 0.258. The van der Waals surface area contributed by atoms with Gasteiger partial charge >= 0.3 is 0 Å². The fourth-order valence-electron chi connectivity index (χ4n) is 5.38. The highest BCUT2D eigenvalue weighted by Gasteiger charge is 2.41. The molecule has 194 valence electrons. The first-order valence-electron chi connectivity index (χ1n) is 12.6. The minimum absolute atomic E-state index is 0.0545. The summed E-state index contributed by atoms with van der Waals surface area (Å²) in [7, 11) is 1.64. The molecule has 0 saturated carbocycles. The van der Waals surface area contributed by atoms with Crippen LogP contribution in [-0.2, 0) is 9.59 Å². The van der Waals surface area contributed by atoms with Gasteiger partial charge in [-0.2, -0.15) is 0 Å². The van der Waals surface area contributed by atoms with Crippen molar-refractivity contribution in [2.45, 2.75) is 43.4 Å². The SMILES string of the molecule is COc1ccc(C2CC(=O)C3=C(C2)NC(C)=C(C(=O)Nc2cccc(C)n2)C3c2ccc(SC)cc2)cc1. The molecule has 38 heavy (non-hydrogen) atoms. The average Bonchev–Trinajstić information content (AvgIpc) is 2.92. The number of anilines is 1. The Balaban J connectivity index is 1.54. The number of hydrogen-bond acceptors (Lipinski definition) is 6. The van der Waals surface area contributed by atoms with Crippen LogP contribution >= 0.6 is 11.8 Å². The van der Waals surface area contributed by atoms with Gasteiger partial charge in [-0.05, 0) is 80.0 Å². The lowest BCUT2D eigenvalue weighted by molar-refractivity contribution is -0.116. The van der Waals surface area contributed by atoms with Gasteiger partial charge in [0.2, 0.25) is 0 Å². The van der Waals surface area contributed by atoms with E-state index in [1.54, 1.807) is 24.9 Å². The van der Waals surface area contributed by atoms with E-state index in [-0.39, 0.29) is 17.6 Å². The molecule has 6 nitrogen and oxygen atoms in total. The van der Waals surface area contributed by atoms with Crippen LogP contribution in [0.5, 0.6) is 5.75 Å². The molecule has 0 radical (unpaired) electrons. The van der Waals surface area contributed by atoms with Gasteiger partial charge in [0.1, 0.15) is 11.6 Å². The van der Waals surface area contributed by atoms with Crippen molar-refractivity contribution in [3.63, 3.8) is 0 Å². The molecule has 7 heteroatoms. The van der Waals surface area contributed by atoms with Gasteiger partial charge in [-0.1, -0.05) is 30.3 Å². The lowest BCUT2D eigenvalue weighted by Gasteiger charge is -2.37. The van der Waals surface area contributed by atoms with Crippen LogP contribution in [0.1, 0.15) is 48.4 Å². The van der Waals surface area contributed by atoms with E-state index in [4.69, 9.17) is 4.74 Å². The molecule has 3 aromatic rings. The van der Waals surface area contributed by atoms with Crippen molar-refractivity contribution < 1.29 is 14.3 Å². The molecule has 0 saturated heterocycles. The number of benzene rings is 2. The van der Waals surface area contributed by atoms with Crippen LogP contribution in [0.15, 0.2) is 94.2 Å². The summed E-state index contributed by atoms with van der Waals surface area (Å²) in [6.07, 6.45) is 3.11. The number of aromatic nitrogens is 1. The van der Waals surface area contributed by atoms with Crippen molar-refractivity contribution in [1.82, 2.24) is 10.3 Å². The first-order chi connectivity index (χ1) is 18.4. The number of thioether (sulfide) groups is 1. The summed E-state index contributed by atoms with van der Waals surface area (Å²) in [4.78, 5) is 33.1. The monoisotopic (exact) mass is 525 g/mol. The van der Waals surface area contributed by atoms with Gasteiger partial charge in [0.25, 0.3) is 5.91 Å². The third-order valence-electron chi connectivity index (χ3n) is 7.24. The minimum Gasteiger partial charge on any atom is -0.497 e. The van der Waals surface area contributed by atoms with Crippen molar-refractivity contribution >= 4 is 29.3 Å². The summed E-state index contributed by atoms with van der Waals surface area (Å²) in [5, 5.41) is 6.41. The number of allylic oxidation sites excluding steroid dienone is 3. The second-order valence-electron chi connectivity index (χ2n) is 9.68. The molecule has 1 aliphatic carbocycles. The predicted octanol–water partition coefficient (Wildman–Crippen LogP) is 6.12. The van der Waals surface area contributed by atoms with Gasteiger partial charge in [0.05, 0.1) is 7.11 Å². The van der Waals surface area contributed by atoms with Gasteiger partial charge in [-0.15, -0.1) is 11.8 Å². The average molecular weight is 526 g/mol. The number of nitrogens with zero attached hydrogens (tertiary/aromatic N) is 1. The smallest absolute Gasteiger partial charge is 0.255 e. The lowest BCUT2D eigenvalue weighted by Crippen LogP contribution is -2.37. The second-order valence-corrected chi connectivity index (χ2v) is 10.6. The molecule has 2 N–H and O–H groups in total. The Labute approximate surface area is 227 Å². The number of methoxy groups -OCH3 is 1. The number of carbonyl (C=O) groups is 2. The molecule has 1 aliphatic heterocycles. The number of hydrogen-bond donors (Lipinski definition) is 2. The fourth-order valence-corrected chi connectivity index (χ4v) is 5.79. The van der Waals surface area contributed by atoms with Crippen molar-refractivity contribution in [2.75, 3.05) is 18.7 Å². The molecule has 2 heterocycles. The summed E-state index contributed by atoms with van der Waals surface area (Å²) >= 11 is 1.66. The van der Waals surface area contributed by atoms with Crippen molar-refractivity contribution in [3.8, 4) is 5.75 Å². The van der Waals surface area contributed by atoms with Crippen LogP contribution in [0, 0.1) is 6.92 Å². The van der Waals surface area contributed by atoms with E-state index in [1.807, 2.05) is 80.8 Å². The number of ether oxygens (including phenoxy) is 1. The van der Waals surface area contributed by atoms with E-state index >= 15 is 0 Å². The van der Waals surface area contributed by atoms with Gasteiger partial charge in [0.15, 0.2) is 5.78 Å². The lowest BCUT2D eigenvalue weighted by atomic mass is 9.71. The third kappa shape index (κ3) is 5.11. The van der Waals surface area contributed by atoms with E-state index < -0.39 is 5.92 Å². The van der Waals surface area contributed by atoms with E-state index in [9.17, 15) is 9.59 Å². The van der Waals surface area contributed by atoms with Gasteiger partial charge in [0, 0.05) is 45.5 Å². The largest absolute Gasteiger partial charge is 0.497 e. The maximum atomic E-state index is 13.8. The van der Waals surface area contributed by atoms with Crippen LogP contribution < -0.4 is 15.4 Å². The van der Waals surface area contributed by atoms with Gasteiger partial charge in [-0.3, -0.25) is 9.59 Å². The Kier molecular flexibility index (Phi) is 7.38. The Morgan fingerprint density at radius 3 is 2.37 bits per heavy atom. The number of rotatable bonds is 6. The molecule has 2 aliphatic rings. The van der Waals surface area contributed by atoms with E-state index in [1.165, 1.54) is 0 Å². The maximum absolute atomic E-state index is 13.8. The standard InChI is InChI=1S/C31H31N3O3S/c1-18-6-5-7-27(32-18)34-31(36)28-19(2)33-25-16-22(20-8-12-23(37-3)13-9-20)17-26(35)30(25)29(28)21-10-14-24(38-4)15-11-21/h5-15,22,29,33H,16-17H2,1-4H3,(H,32,34,36). The molecular weight excluding hydrogens is 494 g/mol. The molecule has 1 aromatic heterocycles. The summed E-state index contributed by atoms with van der Waals surface area (Å²) in [5.41, 5.74) is 5.70. The molecule has 0 fully saturated rings. The zero-order valence-electron chi connectivity index (χ0n) is 22.0. The molecule has 2 unspecified atom stereocenters. The van der Waals surface area contributed by atoms with E-state index in [2.05, 4.69) is 15.6 Å². The van der Waals surface area contributed by atoms with Gasteiger partial charge in [-0.25, -0.2) is 4.98 Å². The van der Waals surface area contributed by atoms with Gasteiger partial charge < -0.3 is 15.4 Å². The van der Waals surface area contributed by atoms with E-state index in [0.717, 1.165) is 38.9 Å². The number of nitrogens with one attached hydrogen (secondary N) is 2. The van der Waals surface area contributed by atoms with Crippen molar-refractivity contribution in [3.05, 3.63) is 106 Å². The Morgan fingerprint density at radius 2 is 1.71 bits per heavy atom. The van der Waals surface area contributed by atoms with Crippen LogP contribution in [0.25, 0.3) is 0 Å². The number of pyridine rings is 1. The molecule has 1 amide bonds. The quantitative estimate of drug-likeness (QED) is 0.378. The predicted molar refractivity (Wildman–Crippen MR) is 151 cm³/mol. The zero-order valence-corrected chi connectivity index (χ0v) is 22.8. The molecular formula is C31H31N3O3S. The maximum Gasteiger partial charge on any atom is 0.255 e. The first kappa shape index (κ1) is 25.8. The Morgan fingerprint density at radius 1 is 1.00 bits per heavy atom. The summed E-state index contributed by atoms with van der Waals surface area (Å²) in [6.45, 7) is 3.79. The number of carbonyl (C=O) groups excluding carboxylic acids is 2. The summed E-state index contributed by atoms with van der Waals surface area (Å²) in [5.74, 6) is 0.669. The number of Topliss-reactive ketones (excluding diaryl/α,β-unsaturated/α-hetero) is 1. The highest BCUT2D eigenvalue weighted by atomic mass is 32.2. The number of ketones is 1. The molecule has 5 rings (SSSR count). The molecule has 0 bridgehead atoms. The molecule has 2 aromatic carbocycles. The van der Waals surface area contributed by atoms with Crippen LogP contribution in [0.3, 0.4) is 0 Å². The highest BCUT2D eigenvalue weighted by Crippen LogP contribution is 2.46. The third-order valence-corrected chi connectivity index (χ3v) is 7.98. The Hall–Kier alpha value is -3.84. The topological polar surface area (TPSA) is 80.3 Å². The highest BCUT2D eigenvalue weighted by molar-refractivity contribution is 7.98. The van der Waals surface area contributed by atoms with Crippen molar-refractivity contribution in [1.29, 1.82) is 0 Å². The number of dihydropyridines is 1. The summed E-state index contributed by atoms with van der Waals surface area (Å²) < 4.78 is 5.30. The van der Waals surface area contributed by atoms with Crippen molar-refractivity contribution in [2.24, 2.45) is 0 Å². The molecule has 0 spiro atoms. The minimum atomic E-state index is -0.462. The Bertz CT molecular complexity index is 1440. The van der Waals surface area contributed by atoms with E-state index in [0.29, 0.717) is 29.8 Å². The zero-order chi connectivity index (χ0) is 26.8. The normalized spacial score (nSPS) is 19.1. The van der Waals surface area contributed by atoms with Crippen LogP contribution in [0.2, 0.25) is 0 Å². The summed E-state index contributed by atoms with van der Waals surface area (Å²) in [6, 6.07) is 21.6.